The first-order valence-corrected chi connectivity index (χ1v) is 33.8. The molecule has 0 aliphatic carbocycles. The first kappa shape index (κ1) is 55.8. The molecule has 0 aromatic heterocycles. The third-order valence-corrected chi connectivity index (χ3v) is 24.8. The summed E-state index contributed by atoms with van der Waals surface area (Å²) in [6.45, 7) is 28.9. The first-order chi connectivity index (χ1) is 26.5. The van der Waals surface area contributed by atoms with E-state index in [2.05, 4.69) is 80.2 Å². The van der Waals surface area contributed by atoms with E-state index in [1.807, 2.05) is 28.2 Å². The van der Waals surface area contributed by atoms with E-state index in [-0.39, 0.29) is 47.8 Å². The highest BCUT2D eigenvalue weighted by Gasteiger charge is 2.34. The van der Waals surface area contributed by atoms with Crippen molar-refractivity contribution in [1.82, 2.24) is 21.3 Å². The second-order valence-electron chi connectivity index (χ2n) is 19.9. The van der Waals surface area contributed by atoms with E-state index in [0.29, 0.717) is 49.3 Å². The molecule has 0 unspecified atom stereocenters. The highest BCUT2D eigenvalue weighted by Crippen LogP contribution is 2.25. The third-order valence-electron chi connectivity index (χ3n) is 9.76. The van der Waals surface area contributed by atoms with E-state index in [0.717, 1.165) is 62.7 Å². The molecule has 0 bridgehead atoms. The summed E-state index contributed by atoms with van der Waals surface area (Å²) >= 11 is 0. The Hall–Kier alpha value is -2.20. The molecule has 0 radical (unpaired) electrons. The molecule has 4 N–H and O–H groups in total. The van der Waals surface area contributed by atoms with Crippen LogP contribution in [-0.2, 0) is 36.9 Å². The quantitative estimate of drug-likeness (QED) is 0.0243. The standard InChI is InChI=1S/C40H84N6O8Si4/c1-35(2)40(51)52-27-26-45(4,5)32-37(48)42-22-16-18-28-55(8,9)53-56(10,11)29-19-17-23-43-38(49)33-46(6,7)34-39(50)44-25-21-31-58(14,15)54-57(12,13)30-20-24-41-36(3)47/h1,16-34H2,2-15H3,(H2-2,41,42,43,44,47,48,49,50)/p+2. The van der Waals surface area contributed by atoms with Crippen LogP contribution in [0.1, 0.15) is 52.4 Å². The Balaban J connectivity index is 4.32. The zero-order valence-electron chi connectivity index (χ0n) is 39.3. The minimum absolute atomic E-state index is 0.00116. The second-order valence-corrected chi connectivity index (χ2v) is 37.6. The average Bonchev–Trinajstić information content (AvgIpc) is 3.02. The second kappa shape index (κ2) is 26.2. The van der Waals surface area contributed by atoms with Gasteiger partial charge in [0.05, 0.1) is 28.2 Å². The lowest BCUT2D eigenvalue weighted by Gasteiger charge is -2.34. The predicted octanol–water partition coefficient (Wildman–Crippen LogP) is 4.94. The van der Waals surface area contributed by atoms with Crippen molar-refractivity contribution in [2.45, 2.75) is 129 Å². The molecule has 0 atom stereocenters. The molecule has 0 aliphatic heterocycles. The number of rotatable bonds is 32. The van der Waals surface area contributed by atoms with Gasteiger partial charge < -0.3 is 43.2 Å². The van der Waals surface area contributed by atoms with Crippen molar-refractivity contribution < 1.29 is 45.9 Å². The summed E-state index contributed by atoms with van der Waals surface area (Å²) in [7, 11) is 0.251. The van der Waals surface area contributed by atoms with Crippen LogP contribution in [0.25, 0.3) is 0 Å². The number of nitrogens with one attached hydrogen (secondary N) is 4. The lowest BCUT2D eigenvalue weighted by atomic mass is 10.3. The Labute approximate surface area is 357 Å². The lowest BCUT2D eigenvalue weighted by molar-refractivity contribution is -0.882. The lowest BCUT2D eigenvalue weighted by Crippen LogP contribution is -2.52. The number of amides is 4. The normalized spacial score (nSPS) is 12.8. The number of carbonyl (C=O) groups is 5. The van der Waals surface area contributed by atoms with Gasteiger partial charge in [-0.05, 0) is 109 Å². The maximum atomic E-state index is 12.8. The zero-order valence-corrected chi connectivity index (χ0v) is 43.3. The Morgan fingerprint density at radius 3 is 1.19 bits per heavy atom. The fraction of sp³-hybridized carbons (Fsp3) is 0.825. The zero-order chi connectivity index (χ0) is 44.8. The van der Waals surface area contributed by atoms with Gasteiger partial charge in [-0.15, -0.1) is 0 Å². The van der Waals surface area contributed by atoms with Crippen molar-refractivity contribution in [1.29, 1.82) is 0 Å². The van der Waals surface area contributed by atoms with Gasteiger partial charge in [0, 0.05) is 38.7 Å². The molecule has 0 saturated carbocycles. The average molecular weight is 892 g/mol. The summed E-state index contributed by atoms with van der Waals surface area (Å²) in [4.78, 5) is 60.8. The largest absolute Gasteiger partial charge is 0.456 e. The predicted molar refractivity (Wildman–Crippen MR) is 246 cm³/mol. The maximum Gasteiger partial charge on any atom is 0.333 e. The molecule has 14 nitrogen and oxygen atoms in total. The van der Waals surface area contributed by atoms with Crippen LogP contribution in [0.4, 0.5) is 0 Å². The van der Waals surface area contributed by atoms with Gasteiger partial charge in [-0.2, -0.15) is 0 Å². The molecule has 0 spiro atoms. The van der Waals surface area contributed by atoms with E-state index in [9.17, 15) is 24.0 Å². The molecule has 0 saturated heterocycles. The number of nitrogens with zero attached hydrogens (tertiary/aromatic N) is 2. The summed E-state index contributed by atoms with van der Waals surface area (Å²) < 4.78 is 19.4. The van der Waals surface area contributed by atoms with Gasteiger partial charge in [0.25, 0.3) is 17.7 Å². The number of unbranched alkanes of at least 4 members (excludes halogenated alkanes) is 2. The fourth-order valence-electron chi connectivity index (χ4n) is 7.01. The fourth-order valence-corrected chi connectivity index (χ4v) is 24.9. The van der Waals surface area contributed by atoms with Crippen LogP contribution < -0.4 is 21.3 Å². The van der Waals surface area contributed by atoms with Gasteiger partial charge in [0.1, 0.15) is 13.2 Å². The number of ether oxygens (including phenoxy) is 1. The Bertz CT molecular complexity index is 1330. The van der Waals surface area contributed by atoms with Crippen LogP contribution in [-0.4, -0.2) is 159 Å². The van der Waals surface area contributed by atoms with Gasteiger partial charge in [-0.25, -0.2) is 4.79 Å². The Morgan fingerprint density at radius 1 is 0.500 bits per heavy atom. The number of quaternary nitrogens is 2. The van der Waals surface area contributed by atoms with E-state index >= 15 is 0 Å². The van der Waals surface area contributed by atoms with Crippen LogP contribution >= 0.6 is 0 Å². The summed E-state index contributed by atoms with van der Waals surface area (Å²) in [5, 5.41) is 12.0. The molecular weight excluding hydrogens is 805 g/mol. The van der Waals surface area contributed by atoms with Gasteiger partial charge in [0.15, 0.2) is 52.9 Å². The molecular formula is C40H86N6O8Si4+2. The third kappa shape index (κ3) is 30.8. The molecule has 338 valence electrons. The van der Waals surface area contributed by atoms with Gasteiger partial charge >= 0.3 is 5.97 Å². The Morgan fingerprint density at radius 2 is 0.828 bits per heavy atom. The molecule has 18 heteroatoms. The number of hydrogen-bond acceptors (Lipinski definition) is 8. The number of esters is 1. The smallest absolute Gasteiger partial charge is 0.333 e. The summed E-state index contributed by atoms with van der Waals surface area (Å²) in [6.07, 6.45) is 5.57. The number of hydrogen-bond donors (Lipinski definition) is 4. The van der Waals surface area contributed by atoms with E-state index < -0.39 is 39.2 Å². The van der Waals surface area contributed by atoms with Crippen LogP contribution in [0.15, 0.2) is 12.2 Å². The van der Waals surface area contributed by atoms with Crippen LogP contribution in [0.2, 0.25) is 76.6 Å². The molecule has 0 aromatic carbocycles. The molecule has 0 heterocycles. The van der Waals surface area contributed by atoms with E-state index in [4.69, 9.17) is 13.0 Å². The van der Waals surface area contributed by atoms with Crippen LogP contribution in [0, 0.1) is 0 Å². The van der Waals surface area contributed by atoms with E-state index in [1.54, 1.807) is 6.92 Å². The highest BCUT2D eigenvalue weighted by molar-refractivity contribution is 6.85. The highest BCUT2D eigenvalue weighted by atomic mass is 28.4. The Kier molecular flexibility index (Phi) is 25.2. The van der Waals surface area contributed by atoms with E-state index in [1.165, 1.54) is 6.92 Å². The number of likely N-dealkylation sites (N-methyl/N-ethyl adjacent to an activating group) is 2. The minimum Gasteiger partial charge on any atom is -0.456 e. The van der Waals surface area contributed by atoms with Crippen molar-refractivity contribution in [3.63, 3.8) is 0 Å². The first-order valence-electron chi connectivity index (χ1n) is 21.4. The summed E-state index contributed by atoms with van der Waals surface area (Å²) in [5.41, 5.74) is 0.367. The van der Waals surface area contributed by atoms with Gasteiger partial charge in [0.2, 0.25) is 5.91 Å². The molecule has 0 rings (SSSR count). The molecule has 0 aromatic rings. The summed E-state index contributed by atoms with van der Waals surface area (Å²) in [6, 6.07) is 4.04. The summed E-state index contributed by atoms with van der Waals surface area (Å²) in [5.74, 6) is -0.517. The van der Waals surface area contributed by atoms with Crippen molar-refractivity contribution in [3.8, 4) is 0 Å². The van der Waals surface area contributed by atoms with Crippen molar-refractivity contribution >= 4 is 62.9 Å². The SMILES string of the molecule is C=C(C)C(=O)OCC[N+](C)(C)CC(=O)NCCCC[Si](C)(C)O[Si](C)(C)CCCCNC(=O)C[N+](C)(C)CC(=O)NCCC[Si](C)(C)O[Si](C)(C)CCCNC(C)=O. The maximum absolute atomic E-state index is 12.8. The molecule has 0 fully saturated rings. The van der Waals surface area contributed by atoms with Crippen LogP contribution in [0.3, 0.4) is 0 Å². The van der Waals surface area contributed by atoms with Crippen molar-refractivity contribution in [3.05, 3.63) is 12.2 Å². The molecule has 0 aliphatic rings. The monoisotopic (exact) mass is 891 g/mol. The minimum atomic E-state index is -1.88. The van der Waals surface area contributed by atoms with Crippen molar-refractivity contribution in [2.75, 3.05) is 87.2 Å². The molecule has 58 heavy (non-hydrogen) atoms. The molecule has 4 amide bonds. The number of carbonyl (C=O) groups excluding carboxylic acids is 5. The topological polar surface area (TPSA) is 161 Å². The van der Waals surface area contributed by atoms with Crippen LogP contribution in [0.5, 0.6) is 0 Å². The van der Waals surface area contributed by atoms with Crippen molar-refractivity contribution in [2.24, 2.45) is 0 Å². The van der Waals surface area contributed by atoms with Gasteiger partial charge in [-0.1, -0.05) is 19.4 Å². The van der Waals surface area contributed by atoms with Gasteiger partial charge in [-0.3, -0.25) is 19.2 Å².